The fraction of sp³-hybridized carbons (Fsp3) is 0.300. The molecule has 0 aliphatic heterocycles. The predicted molar refractivity (Wildman–Crippen MR) is 161 cm³/mol. The molecule has 0 aliphatic carbocycles. The summed E-state index contributed by atoms with van der Waals surface area (Å²) < 4.78 is 36.7. The van der Waals surface area contributed by atoms with Crippen molar-refractivity contribution in [2.75, 3.05) is 18.5 Å². The highest BCUT2D eigenvalue weighted by molar-refractivity contribution is 7.89. The molecule has 9 nitrogen and oxygen atoms in total. The van der Waals surface area contributed by atoms with Crippen molar-refractivity contribution in [3.8, 4) is 0 Å². The zero-order chi connectivity index (χ0) is 29.6. The molecule has 1 heterocycles. The lowest BCUT2D eigenvalue weighted by molar-refractivity contribution is -0.114. The molecule has 41 heavy (non-hydrogen) atoms. The second kappa shape index (κ2) is 13.3. The van der Waals surface area contributed by atoms with Crippen molar-refractivity contribution in [1.29, 1.82) is 0 Å². The molecule has 1 N–H and O–H groups in total. The summed E-state index contributed by atoms with van der Waals surface area (Å²) in [5.74, 6) is -0.662. The minimum absolute atomic E-state index is 0.109. The molecule has 0 saturated heterocycles. The number of benzene rings is 3. The highest BCUT2D eigenvalue weighted by atomic mass is 32.2. The average Bonchev–Trinajstić information content (AvgIpc) is 3.27. The van der Waals surface area contributed by atoms with Crippen molar-refractivity contribution in [1.82, 2.24) is 8.87 Å². The van der Waals surface area contributed by atoms with Crippen LogP contribution in [0.4, 0.5) is 5.69 Å². The third kappa shape index (κ3) is 7.36. The van der Waals surface area contributed by atoms with Gasteiger partial charge in [0, 0.05) is 43.9 Å². The molecular weight excluding hydrogens is 560 g/mol. The SMILES string of the molecule is CCOCCn1c(=NC(=O)c2ccc(S(=O)(=O)N(Cc3ccccc3)C(C)C)cc2)sc2cc(NC(C)=O)ccc21. The van der Waals surface area contributed by atoms with Crippen LogP contribution in [-0.4, -0.2) is 48.4 Å². The van der Waals surface area contributed by atoms with E-state index < -0.39 is 15.9 Å². The van der Waals surface area contributed by atoms with Gasteiger partial charge in [-0.1, -0.05) is 41.7 Å². The van der Waals surface area contributed by atoms with Gasteiger partial charge in [0.1, 0.15) is 0 Å². The number of rotatable bonds is 11. The maximum Gasteiger partial charge on any atom is 0.279 e. The number of thiazole rings is 1. The lowest BCUT2D eigenvalue weighted by Crippen LogP contribution is -2.36. The number of carbonyl (C=O) groups excluding carboxylic acids is 2. The van der Waals surface area contributed by atoms with Gasteiger partial charge in [0.25, 0.3) is 5.91 Å². The summed E-state index contributed by atoms with van der Waals surface area (Å²) in [7, 11) is -3.80. The monoisotopic (exact) mass is 594 g/mol. The quantitative estimate of drug-likeness (QED) is 0.245. The van der Waals surface area contributed by atoms with E-state index in [0.717, 1.165) is 15.8 Å². The smallest absolute Gasteiger partial charge is 0.279 e. The Hall–Kier alpha value is -3.64. The van der Waals surface area contributed by atoms with E-state index in [2.05, 4.69) is 10.3 Å². The number of carbonyl (C=O) groups is 2. The molecule has 4 rings (SSSR count). The number of hydrogen-bond acceptors (Lipinski definition) is 6. The largest absolute Gasteiger partial charge is 0.380 e. The van der Waals surface area contributed by atoms with Crippen molar-refractivity contribution in [3.05, 3.63) is 88.7 Å². The number of aromatic nitrogens is 1. The Kier molecular flexibility index (Phi) is 9.87. The molecule has 0 fully saturated rings. The molecule has 3 aromatic carbocycles. The summed E-state index contributed by atoms with van der Waals surface area (Å²) in [6.07, 6.45) is 0. The summed E-state index contributed by atoms with van der Waals surface area (Å²) in [6, 6.07) is 20.6. The number of fused-ring (bicyclic) bond motifs is 1. The highest BCUT2D eigenvalue weighted by Crippen LogP contribution is 2.24. The van der Waals surface area contributed by atoms with Crippen LogP contribution in [0.5, 0.6) is 0 Å². The van der Waals surface area contributed by atoms with E-state index in [-0.39, 0.29) is 29.0 Å². The minimum atomic E-state index is -3.80. The molecule has 4 aromatic rings. The Morgan fingerprint density at radius 1 is 1.05 bits per heavy atom. The van der Waals surface area contributed by atoms with Gasteiger partial charge >= 0.3 is 0 Å². The van der Waals surface area contributed by atoms with E-state index >= 15 is 0 Å². The van der Waals surface area contributed by atoms with Crippen molar-refractivity contribution >= 4 is 49.1 Å². The normalized spacial score (nSPS) is 12.4. The van der Waals surface area contributed by atoms with Gasteiger partial charge in [0.15, 0.2) is 4.80 Å². The Balaban J connectivity index is 1.64. The van der Waals surface area contributed by atoms with Crippen LogP contribution in [0.1, 0.15) is 43.6 Å². The molecule has 0 atom stereocenters. The number of amides is 2. The highest BCUT2D eigenvalue weighted by Gasteiger charge is 2.27. The lowest BCUT2D eigenvalue weighted by Gasteiger charge is -2.26. The number of nitrogens with zero attached hydrogens (tertiary/aromatic N) is 3. The van der Waals surface area contributed by atoms with Gasteiger partial charge in [-0.3, -0.25) is 9.59 Å². The second-order valence-corrected chi connectivity index (χ2v) is 12.6. The standard InChI is InChI=1S/C30H34N4O5S2/c1-5-39-18-17-33-27-16-13-25(31-22(4)35)19-28(27)40-30(33)32-29(36)24-11-14-26(15-12-24)41(37,38)34(21(2)3)20-23-9-7-6-8-10-23/h6-16,19,21H,5,17-18,20H2,1-4H3,(H,31,35). The fourth-order valence-electron chi connectivity index (χ4n) is 4.32. The topological polar surface area (TPSA) is 110 Å². The summed E-state index contributed by atoms with van der Waals surface area (Å²) in [5.41, 5.74) is 2.68. The Morgan fingerprint density at radius 3 is 2.39 bits per heavy atom. The zero-order valence-corrected chi connectivity index (χ0v) is 25.2. The second-order valence-electron chi connectivity index (χ2n) is 9.67. The van der Waals surface area contributed by atoms with E-state index in [1.54, 1.807) is 6.07 Å². The Bertz CT molecular complexity index is 1690. The molecule has 0 saturated carbocycles. The van der Waals surface area contributed by atoms with Crippen LogP contribution < -0.4 is 10.1 Å². The van der Waals surface area contributed by atoms with E-state index in [4.69, 9.17) is 4.74 Å². The van der Waals surface area contributed by atoms with Crippen LogP contribution in [0.25, 0.3) is 10.2 Å². The molecule has 0 unspecified atom stereocenters. The summed E-state index contributed by atoms with van der Waals surface area (Å²) >= 11 is 1.33. The van der Waals surface area contributed by atoms with Crippen molar-refractivity contribution < 1.29 is 22.7 Å². The third-order valence-electron chi connectivity index (χ3n) is 6.33. The molecular formula is C30H34N4O5S2. The third-order valence-corrected chi connectivity index (χ3v) is 9.41. The van der Waals surface area contributed by atoms with Crippen LogP contribution in [-0.2, 0) is 32.6 Å². The number of sulfonamides is 1. The summed E-state index contributed by atoms with van der Waals surface area (Å²) in [4.78, 5) is 29.7. The first-order valence-electron chi connectivity index (χ1n) is 13.3. The van der Waals surface area contributed by atoms with Crippen LogP contribution in [0, 0.1) is 0 Å². The molecule has 0 radical (unpaired) electrons. The average molecular weight is 595 g/mol. The maximum atomic E-state index is 13.5. The van der Waals surface area contributed by atoms with E-state index in [9.17, 15) is 18.0 Å². The Morgan fingerprint density at radius 2 is 1.76 bits per heavy atom. The van der Waals surface area contributed by atoms with Gasteiger partial charge in [-0.2, -0.15) is 9.30 Å². The van der Waals surface area contributed by atoms with Gasteiger partial charge < -0.3 is 14.6 Å². The molecule has 0 spiro atoms. The molecule has 0 bridgehead atoms. The molecule has 2 amide bonds. The number of ether oxygens (including phenoxy) is 1. The minimum Gasteiger partial charge on any atom is -0.380 e. The molecule has 1 aromatic heterocycles. The maximum absolute atomic E-state index is 13.5. The van der Waals surface area contributed by atoms with E-state index in [0.29, 0.717) is 30.2 Å². The van der Waals surface area contributed by atoms with Crippen LogP contribution in [0.15, 0.2) is 82.7 Å². The fourth-order valence-corrected chi connectivity index (χ4v) is 7.04. The van der Waals surface area contributed by atoms with Gasteiger partial charge in [0.05, 0.1) is 21.7 Å². The van der Waals surface area contributed by atoms with Crippen molar-refractivity contribution in [3.63, 3.8) is 0 Å². The number of hydrogen-bond donors (Lipinski definition) is 1. The van der Waals surface area contributed by atoms with Gasteiger partial charge in [-0.15, -0.1) is 0 Å². The van der Waals surface area contributed by atoms with Crippen molar-refractivity contribution in [2.24, 2.45) is 4.99 Å². The van der Waals surface area contributed by atoms with Crippen LogP contribution in [0.3, 0.4) is 0 Å². The lowest BCUT2D eigenvalue weighted by atomic mass is 10.2. The van der Waals surface area contributed by atoms with Gasteiger partial charge in [0.2, 0.25) is 15.9 Å². The van der Waals surface area contributed by atoms with Gasteiger partial charge in [-0.25, -0.2) is 8.42 Å². The van der Waals surface area contributed by atoms with Crippen LogP contribution >= 0.6 is 11.3 Å². The molecule has 11 heteroatoms. The number of nitrogens with one attached hydrogen (secondary N) is 1. The first kappa shape index (κ1) is 30.3. The van der Waals surface area contributed by atoms with Gasteiger partial charge in [-0.05, 0) is 68.8 Å². The molecule has 0 aliphatic rings. The van der Waals surface area contributed by atoms with E-state index in [1.165, 1.54) is 46.8 Å². The predicted octanol–water partition coefficient (Wildman–Crippen LogP) is 5.04. The Labute approximate surface area is 244 Å². The number of anilines is 1. The summed E-state index contributed by atoms with van der Waals surface area (Å²) in [6.45, 7) is 8.77. The first-order valence-corrected chi connectivity index (χ1v) is 15.6. The van der Waals surface area contributed by atoms with E-state index in [1.807, 2.05) is 67.8 Å². The van der Waals surface area contributed by atoms with Crippen LogP contribution in [0.2, 0.25) is 0 Å². The summed E-state index contributed by atoms with van der Waals surface area (Å²) in [5, 5.41) is 2.77. The van der Waals surface area contributed by atoms with Crippen molar-refractivity contribution in [2.45, 2.75) is 51.7 Å². The zero-order valence-electron chi connectivity index (χ0n) is 23.5. The molecule has 216 valence electrons. The first-order chi connectivity index (χ1) is 19.6.